The molecule has 0 fully saturated rings. The zero-order valence-electron chi connectivity index (χ0n) is 15.1. The number of nitrogens with one attached hydrogen (secondary N) is 1. The molecule has 0 bridgehead atoms. The number of amides is 1. The van der Waals surface area contributed by atoms with Gasteiger partial charge in [0.25, 0.3) is 11.5 Å². The fraction of sp³-hybridized carbons (Fsp3) is 0.100. The Labute approximate surface area is 160 Å². The molecule has 2 aromatic carbocycles. The summed E-state index contributed by atoms with van der Waals surface area (Å²) < 4.78 is 8.05. The minimum atomic E-state index is -0.472. The van der Waals surface area contributed by atoms with Gasteiger partial charge in [0.05, 0.1) is 11.9 Å². The lowest BCUT2D eigenvalue weighted by Crippen LogP contribution is -2.35. The van der Waals surface area contributed by atoms with Crippen LogP contribution in [0.3, 0.4) is 0 Å². The second-order valence-electron chi connectivity index (χ2n) is 6.19. The average molecular weight is 375 g/mol. The summed E-state index contributed by atoms with van der Waals surface area (Å²) in [6.07, 6.45) is 2.69. The molecule has 0 aliphatic rings. The average Bonchev–Trinajstić information content (AvgIpc) is 3.14. The largest absolute Gasteiger partial charge is 0.484 e. The van der Waals surface area contributed by atoms with Gasteiger partial charge in [0.15, 0.2) is 12.3 Å². The number of aryl methyl sites for hydroxylation is 1. The van der Waals surface area contributed by atoms with Crippen LogP contribution in [0, 0.1) is 6.92 Å². The Morgan fingerprint density at radius 2 is 1.96 bits per heavy atom. The number of hydrogen-bond donors (Lipinski definition) is 1. The predicted octanol–water partition coefficient (Wildman–Crippen LogP) is 2.04. The summed E-state index contributed by atoms with van der Waals surface area (Å²) in [6.45, 7) is 1.71. The molecule has 8 nitrogen and oxygen atoms in total. The lowest BCUT2D eigenvalue weighted by atomic mass is 10.2. The lowest BCUT2D eigenvalue weighted by molar-refractivity contribution is -0.119. The van der Waals surface area contributed by atoms with Crippen LogP contribution in [0.5, 0.6) is 5.75 Å². The fourth-order valence-corrected chi connectivity index (χ4v) is 2.77. The topological polar surface area (TPSA) is 91.0 Å². The number of ether oxygens (including phenoxy) is 1. The first-order chi connectivity index (χ1) is 13.6. The first kappa shape index (κ1) is 17.5. The van der Waals surface area contributed by atoms with Gasteiger partial charge in [-0.05, 0) is 36.8 Å². The van der Waals surface area contributed by atoms with Crippen LogP contribution in [0.25, 0.3) is 16.7 Å². The van der Waals surface area contributed by atoms with Gasteiger partial charge >= 0.3 is 0 Å². The molecular formula is C20H17N5O3. The van der Waals surface area contributed by atoms with E-state index in [0.717, 1.165) is 15.9 Å². The van der Waals surface area contributed by atoms with Crippen molar-refractivity contribution in [2.75, 3.05) is 12.0 Å². The third-order valence-corrected chi connectivity index (χ3v) is 4.09. The van der Waals surface area contributed by atoms with Gasteiger partial charge in [-0.15, -0.1) is 0 Å². The Morgan fingerprint density at radius 3 is 2.75 bits per heavy atom. The Balaban J connectivity index is 1.52. The first-order valence-electron chi connectivity index (χ1n) is 8.62. The second-order valence-corrected chi connectivity index (χ2v) is 6.19. The highest BCUT2D eigenvalue weighted by atomic mass is 16.5. The summed E-state index contributed by atoms with van der Waals surface area (Å²) in [4.78, 5) is 29.1. The molecule has 4 aromatic rings. The molecule has 28 heavy (non-hydrogen) atoms. The van der Waals surface area contributed by atoms with Crippen molar-refractivity contribution in [2.24, 2.45) is 0 Å². The zero-order chi connectivity index (χ0) is 19.5. The summed E-state index contributed by atoms with van der Waals surface area (Å²) in [7, 11) is 0. The van der Waals surface area contributed by atoms with Crippen molar-refractivity contribution < 1.29 is 9.53 Å². The van der Waals surface area contributed by atoms with Crippen LogP contribution in [0.1, 0.15) is 5.56 Å². The van der Waals surface area contributed by atoms with Gasteiger partial charge in [0.2, 0.25) is 0 Å². The maximum Gasteiger partial charge on any atom is 0.283 e. The Bertz CT molecular complexity index is 1200. The van der Waals surface area contributed by atoms with Gasteiger partial charge < -0.3 is 4.74 Å². The molecule has 1 N–H and O–H groups in total. The lowest BCUT2D eigenvalue weighted by Gasteiger charge is -2.09. The van der Waals surface area contributed by atoms with Gasteiger partial charge in [-0.2, -0.15) is 5.10 Å². The van der Waals surface area contributed by atoms with Crippen LogP contribution in [0.15, 0.2) is 71.9 Å². The van der Waals surface area contributed by atoms with Crippen LogP contribution in [0.2, 0.25) is 0 Å². The van der Waals surface area contributed by atoms with E-state index < -0.39 is 11.5 Å². The maximum atomic E-state index is 12.6. The predicted molar refractivity (Wildman–Crippen MR) is 104 cm³/mol. The summed E-state index contributed by atoms with van der Waals surface area (Å²) in [5, 5.41) is 4.53. The maximum absolute atomic E-state index is 12.6. The van der Waals surface area contributed by atoms with E-state index in [-0.39, 0.29) is 6.61 Å². The molecule has 8 heteroatoms. The molecule has 1 amide bonds. The molecule has 0 aliphatic heterocycles. The van der Waals surface area contributed by atoms with E-state index in [0.29, 0.717) is 16.8 Å². The van der Waals surface area contributed by atoms with Gasteiger partial charge in [-0.25, -0.2) is 14.3 Å². The Kier molecular flexibility index (Phi) is 4.59. The molecule has 0 radical (unpaired) electrons. The quantitative estimate of drug-likeness (QED) is 0.576. The van der Waals surface area contributed by atoms with Crippen molar-refractivity contribution in [3.63, 3.8) is 0 Å². The van der Waals surface area contributed by atoms with E-state index in [4.69, 9.17) is 4.74 Å². The monoisotopic (exact) mass is 375 g/mol. The van der Waals surface area contributed by atoms with Crippen molar-refractivity contribution in [3.8, 4) is 11.4 Å². The molecule has 0 aliphatic carbocycles. The summed E-state index contributed by atoms with van der Waals surface area (Å²) in [6, 6.07) is 16.7. The smallest absolute Gasteiger partial charge is 0.283 e. The minimum Gasteiger partial charge on any atom is -0.484 e. The number of rotatable bonds is 5. The third-order valence-electron chi connectivity index (χ3n) is 4.09. The molecule has 0 saturated heterocycles. The zero-order valence-corrected chi connectivity index (χ0v) is 15.1. The molecule has 0 unspecified atom stereocenters. The van der Waals surface area contributed by atoms with E-state index in [1.165, 1.54) is 12.5 Å². The van der Waals surface area contributed by atoms with Crippen LogP contribution < -0.4 is 15.7 Å². The number of fused-ring (bicyclic) bond motifs is 1. The number of carbonyl (C=O) groups excluding carboxylic acids is 1. The number of carbonyl (C=O) groups is 1. The number of para-hydroxylation sites is 1. The Hall–Kier alpha value is -3.94. The van der Waals surface area contributed by atoms with Crippen LogP contribution >= 0.6 is 0 Å². The van der Waals surface area contributed by atoms with E-state index in [1.807, 2.05) is 55.5 Å². The van der Waals surface area contributed by atoms with Gasteiger partial charge in [0, 0.05) is 0 Å². The molecule has 0 spiro atoms. The molecule has 2 heterocycles. The molecule has 0 saturated carbocycles. The molecule has 0 atom stereocenters. The second kappa shape index (κ2) is 7.36. The highest BCUT2D eigenvalue weighted by Gasteiger charge is 2.13. The highest BCUT2D eigenvalue weighted by Crippen LogP contribution is 2.13. The SMILES string of the molecule is Cc1cccc(OCC(=O)Nn2cnc3c(cnn3-c3ccccc3)c2=O)c1. The van der Waals surface area contributed by atoms with Gasteiger partial charge in [-0.1, -0.05) is 30.3 Å². The van der Waals surface area contributed by atoms with E-state index in [1.54, 1.807) is 10.7 Å². The van der Waals surface area contributed by atoms with E-state index in [2.05, 4.69) is 15.5 Å². The van der Waals surface area contributed by atoms with Crippen LogP contribution in [-0.4, -0.2) is 32.0 Å². The van der Waals surface area contributed by atoms with Gasteiger partial charge in [0.1, 0.15) is 17.5 Å². The highest BCUT2D eigenvalue weighted by molar-refractivity contribution is 5.85. The summed E-state index contributed by atoms with van der Waals surface area (Å²) >= 11 is 0. The number of aromatic nitrogens is 4. The molecule has 140 valence electrons. The summed E-state index contributed by atoms with van der Waals surface area (Å²) in [5.41, 5.74) is 4.29. The van der Waals surface area contributed by atoms with E-state index >= 15 is 0 Å². The molecular weight excluding hydrogens is 358 g/mol. The number of nitrogens with zero attached hydrogens (tertiary/aromatic N) is 4. The van der Waals surface area contributed by atoms with Gasteiger partial charge in [-0.3, -0.25) is 15.0 Å². The molecule has 2 aromatic heterocycles. The van der Waals surface area contributed by atoms with Crippen molar-refractivity contribution in [1.82, 2.24) is 19.4 Å². The third kappa shape index (κ3) is 3.48. The van der Waals surface area contributed by atoms with Crippen molar-refractivity contribution in [3.05, 3.63) is 83.0 Å². The van der Waals surface area contributed by atoms with E-state index in [9.17, 15) is 9.59 Å². The number of benzene rings is 2. The minimum absolute atomic E-state index is 0.225. The Morgan fingerprint density at radius 1 is 1.14 bits per heavy atom. The molecule has 4 rings (SSSR count). The standard InChI is InChI=1S/C20H17N5O3/c1-14-6-5-9-16(10-14)28-12-18(26)23-24-13-21-19-17(20(24)27)11-22-25(19)15-7-3-2-4-8-15/h2-11,13H,12H2,1H3,(H,23,26). The number of hydrogen-bond acceptors (Lipinski definition) is 5. The van der Waals surface area contributed by atoms with Crippen LogP contribution in [0.4, 0.5) is 0 Å². The van der Waals surface area contributed by atoms with Crippen molar-refractivity contribution in [1.29, 1.82) is 0 Å². The van der Waals surface area contributed by atoms with Crippen molar-refractivity contribution in [2.45, 2.75) is 6.92 Å². The fourth-order valence-electron chi connectivity index (χ4n) is 2.77. The van der Waals surface area contributed by atoms with Crippen LogP contribution in [-0.2, 0) is 4.79 Å². The normalized spacial score (nSPS) is 10.8. The summed E-state index contributed by atoms with van der Waals surface area (Å²) in [5.74, 6) is 0.111. The van der Waals surface area contributed by atoms with Crippen molar-refractivity contribution >= 4 is 16.9 Å². The first-order valence-corrected chi connectivity index (χ1v) is 8.62.